The fraction of sp³-hybridized carbons (Fsp3) is 0.400. The molecule has 1 N–H and O–H groups in total. The molecule has 0 radical (unpaired) electrons. The van der Waals surface area contributed by atoms with Gasteiger partial charge < -0.3 is 14.7 Å². The predicted octanol–water partition coefficient (Wildman–Crippen LogP) is 0.510. The smallest absolute Gasteiger partial charge is 0.316 e. The average molecular weight is 396 g/mol. The Morgan fingerprint density at radius 2 is 1.97 bits per heavy atom. The second-order valence-corrected chi connectivity index (χ2v) is 6.97. The number of piperazine rings is 1. The first kappa shape index (κ1) is 19.3. The van der Waals surface area contributed by atoms with Gasteiger partial charge in [0.25, 0.3) is 5.56 Å². The summed E-state index contributed by atoms with van der Waals surface area (Å²) in [5, 5.41) is 9.63. The van der Waals surface area contributed by atoms with Gasteiger partial charge in [0.05, 0.1) is 43.2 Å². The molecule has 3 heterocycles. The summed E-state index contributed by atoms with van der Waals surface area (Å²) in [6, 6.07) is 8.06. The summed E-state index contributed by atoms with van der Waals surface area (Å²) in [5.74, 6) is 0. The van der Waals surface area contributed by atoms with Crippen LogP contribution >= 0.6 is 0 Å². The van der Waals surface area contributed by atoms with Crippen molar-refractivity contribution >= 4 is 16.6 Å². The number of fused-ring (bicyclic) bond motifs is 1. The molecule has 2 aromatic heterocycles. The lowest BCUT2D eigenvalue weighted by Gasteiger charge is -2.36. The van der Waals surface area contributed by atoms with E-state index >= 15 is 0 Å². The molecule has 4 rings (SSSR count). The van der Waals surface area contributed by atoms with Gasteiger partial charge >= 0.3 is 6.01 Å². The molecule has 1 saturated heterocycles. The zero-order valence-electron chi connectivity index (χ0n) is 16.4. The van der Waals surface area contributed by atoms with Crippen molar-refractivity contribution in [1.82, 2.24) is 24.4 Å². The molecule has 0 atom stereocenters. The number of benzene rings is 1. The molecule has 0 saturated carbocycles. The second kappa shape index (κ2) is 8.54. The molecular formula is C20H24N6O3. The zero-order valence-corrected chi connectivity index (χ0v) is 16.4. The van der Waals surface area contributed by atoms with Crippen LogP contribution in [0, 0.1) is 0 Å². The van der Waals surface area contributed by atoms with E-state index in [0.29, 0.717) is 16.9 Å². The highest BCUT2D eigenvalue weighted by atomic mass is 16.5. The summed E-state index contributed by atoms with van der Waals surface area (Å²) in [5.41, 5.74) is 2.56. The zero-order chi connectivity index (χ0) is 20.2. The summed E-state index contributed by atoms with van der Waals surface area (Å²) in [6.07, 6.45) is 3.21. The summed E-state index contributed by atoms with van der Waals surface area (Å²) in [6.45, 7) is 4.52. The Morgan fingerprint density at radius 3 is 2.72 bits per heavy atom. The van der Waals surface area contributed by atoms with Crippen LogP contribution in [0.1, 0.15) is 5.69 Å². The Kier molecular flexibility index (Phi) is 5.68. The van der Waals surface area contributed by atoms with E-state index in [1.165, 1.54) is 10.9 Å². The van der Waals surface area contributed by atoms with Gasteiger partial charge in [0.2, 0.25) is 0 Å². The molecule has 0 bridgehead atoms. The third-order valence-corrected chi connectivity index (χ3v) is 5.15. The van der Waals surface area contributed by atoms with Crippen LogP contribution in [0.2, 0.25) is 0 Å². The van der Waals surface area contributed by atoms with Gasteiger partial charge in [-0.15, -0.1) is 0 Å². The Hall–Kier alpha value is -3.04. The van der Waals surface area contributed by atoms with Crippen LogP contribution in [-0.4, -0.2) is 69.4 Å². The lowest BCUT2D eigenvalue weighted by Crippen LogP contribution is -2.46. The number of aliphatic hydroxyl groups excluding tert-OH is 1. The van der Waals surface area contributed by atoms with Gasteiger partial charge in [-0.3, -0.25) is 14.3 Å². The lowest BCUT2D eigenvalue weighted by atomic mass is 10.2. The van der Waals surface area contributed by atoms with Gasteiger partial charge in [-0.1, -0.05) is 0 Å². The number of hydrogen-bond donors (Lipinski definition) is 1. The second-order valence-electron chi connectivity index (χ2n) is 6.97. The topological polar surface area (TPSA) is 96.6 Å². The maximum atomic E-state index is 12.4. The minimum Gasteiger partial charge on any atom is -0.467 e. The van der Waals surface area contributed by atoms with E-state index in [1.807, 2.05) is 24.3 Å². The quantitative estimate of drug-likeness (QED) is 0.644. The van der Waals surface area contributed by atoms with Crippen molar-refractivity contribution in [2.24, 2.45) is 0 Å². The standard InChI is InChI=1S/C20H24N6O3/c1-29-20-21-5-4-15(23-20)13-24-6-8-25(9-7-24)16-2-3-17-18(12-16)22-14-26(10-11-27)19(17)28/h2-5,12,14,27H,6-11,13H2,1H3. The van der Waals surface area contributed by atoms with Crippen molar-refractivity contribution in [2.75, 3.05) is 44.8 Å². The van der Waals surface area contributed by atoms with Gasteiger partial charge in [0.1, 0.15) is 0 Å². The van der Waals surface area contributed by atoms with E-state index in [4.69, 9.17) is 9.84 Å². The largest absolute Gasteiger partial charge is 0.467 e. The van der Waals surface area contributed by atoms with E-state index < -0.39 is 0 Å². The number of hydrogen-bond acceptors (Lipinski definition) is 8. The molecule has 1 aromatic carbocycles. The van der Waals surface area contributed by atoms with E-state index in [0.717, 1.165) is 44.1 Å². The number of nitrogens with zero attached hydrogens (tertiary/aromatic N) is 6. The SMILES string of the molecule is COc1nccc(CN2CCN(c3ccc4c(=O)n(CCO)cnc4c3)CC2)n1. The predicted molar refractivity (Wildman–Crippen MR) is 109 cm³/mol. The van der Waals surface area contributed by atoms with Gasteiger partial charge in [0.15, 0.2) is 0 Å². The van der Waals surface area contributed by atoms with Crippen molar-refractivity contribution in [3.63, 3.8) is 0 Å². The minimum absolute atomic E-state index is 0.0861. The van der Waals surface area contributed by atoms with Crippen LogP contribution in [0.4, 0.5) is 5.69 Å². The van der Waals surface area contributed by atoms with Crippen molar-refractivity contribution in [3.05, 3.63) is 52.8 Å². The average Bonchev–Trinajstić information content (AvgIpc) is 2.76. The summed E-state index contributed by atoms with van der Waals surface area (Å²) >= 11 is 0. The molecule has 1 aliphatic heterocycles. The van der Waals surface area contributed by atoms with E-state index in [1.54, 1.807) is 13.3 Å². The first-order valence-electron chi connectivity index (χ1n) is 9.61. The maximum Gasteiger partial charge on any atom is 0.316 e. The first-order chi connectivity index (χ1) is 14.2. The summed E-state index contributed by atoms with van der Waals surface area (Å²) in [7, 11) is 1.57. The van der Waals surface area contributed by atoms with Crippen molar-refractivity contribution in [1.29, 1.82) is 0 Å². The number of anilines is 1. The van der Waals surface area contributed by atoms with Gasteiger partial charge in [0, 0.05) is 44.6 Å². The third kappa shape index (κ3) is 4.20. The molecule has 9 heteroatoms. The van der Waals surface area contributed by atoms with E-state index in [2.05, 4.69) is 24.8 Å². The van der Waals surface area contributed by atoms with E-state index in [9.17, 15) is 4.79 Å². The van der Waals surface area contributed by atoms with Crippen LogP contribution in [0.15, 0.2) is 41.6 Å². The molecule has 1 fully saturated rings. The number of aliphatic hydroxyl groups is 1. The Labute approximate surface area is 168 Å². The molecule has 3 aromatic rings. The fourth-order valence-corrected chi connectivity index (χ4v) is 3.57. The molecule has 29 heavy (non-hydrogen) atoms. The molecule has 0 spiro atoms. The Morgan fingerprint density at radius 1 is 1.14 bits per heavy atom. The van der Waals surface area contributed by atoms with Crippen LogP contribution < -0.4 is 15.2 Å². The van der Waals surface area contributed by atoms with Crippen LogP contribution in [0.3, 0.4) is 0 Å². The highest BCUT2D eigenvalue weighted by Crippen LogP contribution is 2.21. The molecule has 152 valence electrons. The van der Waals surface area contributed by atoms with Gasteiger partial charge in [-0.25, -0.2) is 9.97 Å². The molecule has 0 unspecified atom stereocenters. The first-order valence-corrected chi connectivity index (χ1v) is 9.61. The van der Waals surface area contributed by atoms with Crippen LogP contribution in [0.25, 0.3) is 10.9 Å². The molecule has 0 aliphatic carbocycles. The maximum absolute atomic E-state index is 12.4. The van der Waals surface area contributed by atoms with Crippen molar-refractivity contribution < 1.29 is 9.84 Å². The summed E-state index contributed by atoms with van der Waals surface area (Å²) < 4.78 is 6.53. The van der Waals surface area contributed by atoms with Crippen molar-refractivity contribution in [3.8, 4) is 6.01 Å². The lowest BCUT2D eigenvalue weighted by molar-refractivity contribution is 0.245. The number of ether oxygens (including phenoxy) is 1. The van der Waals surface area contributed by atoms with E-state index in [-0.39, 0.29) is 18.7 Å². The van der Waals surface area contributed by atoms with Gasteiger partial charge in [-0.05, 0) is 24.3 Å². The fourth-order valence-electron chi connectivity index (χ4n) is 3.57. The Balaban J connectivity index is 1.43. The number of methoxy groups -OCH3 is 1. The third-order valence-electron chi connectivity index (χ3n) is 5.15. The molecule has 1 aliphatic rings. The van der Waals surface area contributed by atoms with Gasteiger partial charge in [-0.2, -0.15) is 4.98 Å². The Bertz CT molecular complexity index is 1050. The van der Waals surface area contributed by atoms with Crippen LogP contribution in [0.5, 0.6) is 6.01 Å². The highest BCUT2D eigenvalue weighted by molar-refractivity contribution is 5.81. The van der Waals surface area contributed by atoms with Crippen molar-refractivity contribution in [2.45, 2.75) is 13.1 Å². The molecular weight excluding hydrogens is 372 g/mol. The highest BCUT2D eigenvalue weighted by Gasteiger charge is 2.19. The number of rotatable bonds is 6. The normalized spacial score (nSPS) is 15.0. The van der Waals surface area contributed by atoms with Crippen LogP contribution in [-0.2, 0) is 13.1 Å². The molecule has 0 amide bonds. The summed E-state index contributed by atoms with van der Waals surface area (Å²) in [4.78, 5) is 29.9. The molecule has 9 nitrogen and oxygen atoms in total. The number of aromatic nitrogens is 4. The monoisotopic (exact) mass is 396 g/mol. The minimum atomic E-state index is -0.124.